The first-order valence-corrected chi connectivity index (χ1v) is 8.26. The molecule has 3 heterocycles. The molecule has 1 fully saturated rings. The molecule has 2 aromatic rings. The number of rotatable bonds is 6. The Morgan fingerprint density at radius 3 is 2.96 bits per heavy atom. The molecule has 7 heteroatoms. The van der Waals surface area contributed by atoms with Gasteiger partial charge in [-0.05, 0) is 26.3 Å². The number of aryl methyl sites for hydroxylation is 1. The summed E-state index contributed by atoms with van der Waals surface area (Å²) in [6.07, 6.45) is 6.19. The van der Waals surface area contributed by atoms with Gasteiger partial charge in [0.1, 0.15) is 11.6 Å². The number of likely N-dealkylation sites (tertiary alicyclic amines) is 1. The number of piperidine rings is 1. The molecule has 126 valence electrons. The molecule has 3 rings (SSSR count). The number of hydrogen-bond acceptors (Lipinski definition) is 5. The van der Waals surface area contributed by atoms with Crippen LogP contribution >= 0.6 is 0 Å². The first-order valence-electron chi connectivity index (χ1n) is 8.26. The van der Waals surface area contributed by atoms with Gasteiger partial charge in [-0.2, -0.15) is 0 Å². The molecule has 1 aliphatic heterocycles. The second-order valence-corrected chi connectivity index (χ2v) is 6.27. The van der Waals surface area contributed by atoms with Crippen molar-refractivity contribution >= 4 is 0 Å². The smallest absolute Gasteiger partial charge is 0.152 e. The molecule has 0 unspecified atom stereocenters. The van der Waals surface area contributed by atoms with Crippen molar-refractivity contribution in [2.45, 2.75) is 32.2 Å². The lowest BCUT2D eigenvalue weighted by Gasteiger charge is -2.31. The summed E-state index contributed by atoms with van der Waals surface area (Å²) < 4.78 is 9.45. The summed E-state index contributed by atoms with van der Waals surface area (Å²) in [5, 5.41) is 8.90. The molecule has 0 amide bonds. The minimum atomic E-state index is 0.454. The predicted octanol–water partition coefficient (Wildman–Crippen LogP) is 1.19. The zero-order valence-electron chi connectivity index (χ0n) is 14.3. The number of imidazole rings is 1. The Bertz CT molecular complexity index is 634. The van der Waals surface area contributed by atoms with E-state index in [0.29, 0.717) is 5.92 Å². The Morgan fingerprint density at radius 1 is 1.35 bits per heavy atom. The Labute approximate surface area is 137 Å². The number of nitrogens with zero attached hydrogens (tertiary/aromatic N) is 6. The zero-order valence-corrected chi connectivity index (χ0v) is 14.3. The average molecular weight is 318 g/mol. The molecule has 23 heavy (non-hydrogen) atoms. The van der Waals surface area contributed by atoms with E-state index in [4.69, 9.17) is 4.74 Å². The minimum absolute atomic E-state index is 0.454. The molecule has 0 N–H and O–H groups in total. The molecule has 0 aromatic carbocycles. The van der Waals surface area contributed by atoms with E-state index in [1.54, 1.807) is 7.11 Å². The van der Waals surface area contributed by atoms with Crippen molar-refractivity contribution in [3.05, 3.63) is 29.9 Å². The van der Waals surface area contributed by atoms with Crippen LogP contribution in [0.3, 0.4) is 0 Å². The molecule has 1 atom stereocenters. The molecule has 1 saturated heterocycles. The van der Waals surface area contributed by atoms with Crippen LogP contribution in [0.15, 0.2) is 12.4 Å². The molecule has 7 nitrogen and oxygen atoms in total. The lowest BCUT2D eigenvalue weighted by Crippen LogP contribution is -2.37. The van der Waals surface area contributed by atoms with Gasteiger partial charge in [0.15, 0.2) is 5.82 Å². The molecule has 0 saturated carbocycles. The van der Waals surface area contributed by atoms with Gasteiger partial charge in [-0.25, -0.2) is 4.98 Å². The maximum atomic E-state index is 5.20. The second kappa shape index (κ2) is 7.23. The fourth-order valence-electron chi connectivity index (χ4n) is 3.28. The number of ether oxygens (including phenoxy) is 1. The molecular weight excluding hydrogens is 292 g/mol. The third-order valence-corrected chi connectivity index (χ3v) is 4.72. The fourth-order valence-corrected chi connectivity index (χ4v) is 3.28. The summed E-state index contributed by atoms with van der Waals surface area (Å²) in [5.41, 5.74) is 0. The molecular formula is C16H26N6O. The van der Waals surface area contributed by atoms with Crippen LogP contribution in [0.2, 0.25) is 0 Å². The second-order valence-electron chi connectivity index (χ2n) is 6.27. The number of methoxy groups -OCH3 is 1. The van der Waals surface area contributed by atoms with Crippen LogP contribution in [0, 0.1) is 6.92 Å². The highest BCUT2D eigenvalue weighted by Gasteiger charge is 2.25. The molecule has 0 aliphatic carbocycles. The van der Waals surface area contributed by atoms with Gasteiger partial charge in [-0.15, -0.1) is 10.2 Å². The minimum Gasteiger partial charge on any atom is -0.383 e. The van der Waals surface area contributed by atoms with Crippen LogP contribution in [0.1, 0.15) is 36.2 Å². The van der Waals surface area contributed by atoms with Crippen LogP contribution in [-0.4, -0.2) is 62.6 Å². The van der Waals surface area contributed by atoms with E-state index < -0.39 is 0 Å². The number of hydrogen-bond donors (Lipinski definition) is 0. The summed E-state index contributed by atoms with van der Waals surface area (Å²) in [7, 11) is 3.83. The topological polar surface area (TPSA) is 61.0 Å². The standard InChI is InChI=1S/C16H26N6O/c1-13-17-6-8-22(13)12-15-18-19-16(20(15)2)14-5-4-7-21(11-14)9-10-23-3/h6,8,14H,4-5,7,9-12H2,1-3H3/t14-/m1/s1. The van der Waals surface area contributed by atoms with Crippen LogP contribution in [0.25, 0.3) is 0 Å². The summed E-state index contributed by atoms with van der Waals surface area (Å²) in [6.45, 7) is 6.70. The predicted molar refractivity (Wildman–Crippen MR) is 87.4 cm³/mol. The largest absolute Gasteiger partial charge is 0.383 e. The van der Waals surface area contributed by atoms with Crippen molar-refractivity contribution in [1.29, 1.82) is 0 Å². The van der Waals surface area contributed by atoms with Crippen molar-refractivity contribution in [3.8, 4) is 0 Å². The third kappa shape index (κ3) is 3.61. The van der Waals surface area contributed by atoms with Gasteiger partial charge in [0.05, 0.1) is 13.2 Å². The molecule has 0 radical (unpaired) electrons. The first kappa shape index (κ1) is 16.1. The number of aromatic nitrogens is 5. The Morgan fingerprint density at radius 2 is 2.22 bits per heavy atom. The van der Waals surface area contributed by atoms with Crippen molar-refractivity contribution in [2.24, 2.45) is 7.05 Å². The van der Waals surface area contributed by atoms with E-state index in [9.17, 15) is 0 Å². The van der Waals surface area contributed by atoms with Gasteiger partial charge in [0.25, 0.3) is 0 Å². The van der Waals surface area contributed by atoms with Gasteiger partial charge in [-0.3, -0.25) is 0 Å². The van der Waals surface area contributed by atoms with Crippen molar-refractivity contribution < 1.29 is 4.74 Å². The van der Waals surface area contributed by atoms with E-state index in [-0.39, 0.29) is 0 Å². The first-order chi connectivity index (χ1) is 11.2. The SMILES string of the molecule is COCCN1CCC[C@@H](c2nnc(Cn3ccnc3C)n2C)C1. The van der Waals surface area contributed by atoms with Gasteiger partial charge in [0, 0.05) is 45.6 Å². The van der Waals surface area contributed by atoms with Crippen molar-refractivity contribution in [1.82, 2.24) is 29.2 Å². The van der Waals surface area contributed by atoms with Gasteiger partial charge >= 0.3 is 0 Å². The highest BCUT2D eigenvalue weighted by Crippen LogP contribution is 2.25. The summed E-state index contributed by atoms with van der Waals surface area (Å²) in [5.74, 6) is 3.53. The average Bonchev–Trinajstić information content (AvgIpc) is 3.13. The van der Waals surface area contributed by atoms with Gasteiger partial charge in [0.2, 0.25) is 0 Å². The highest BCUT2D eigenvalue weighted by atomic mass is 16.5. The van der Waals surface area contributed by atoms with Crippen LogP contribution in [-0.2, 0) is 18.3 Å². The Balaban J connectivity index is 1.70. The van der Waals surface area contributed by atoms with Crippen LogP contribution < -0.4 is 0 Å². The molecule has 2 aromatic heterocycles. The van der Waals surface area contributed by atoms with E-state index in [2.05, 4.69) is 36.3 Å². The lowest BCUT2D eigenvalue weighted by molar-refractivity contribution is 0.126. The van der Waals surface area contributed by atoms with E-state index in [1.165, 1.54) is 12.8 Å². The van der Waals surface area contributed by atoms with E-state index in [0.717, 1.165) is 50.3 Å². The monoisotopic (exact) mass is 318 g/mol. The zero-order chi connectivity index (χ0) is 16.2. The van der Waals surface area contributed by atoms with Gasteiger partial charge in [-0.1, -0.05) is 0 Å². The van der Waals surface area contributed by atoms with Crippen molar-refractivity contribution in [2.75, 3.05) is 33.4 Å². The quantitative estimate of drug-likeness (QED) is 0.801. The maximum Gasteiger partial charge on any atom is 0.152 e. The lowest BCUT2D eigenvalue weighted by atomic mass is 9.97. The summed E-state index contributed by atoms with van der Waals surface area (Å²) >= 11 is 0. The van der Waals surface area contributed by atoms with E-state index in [1.807, 2.05) is 19.3 Å². The van der Waals surface area contributed by atoms with Crippen LogP contribution in [0.5, 0.6) is 0 Å². The van der Waals surface area contributed by atoms with Crippen LogP contribution in [0.4, 0.5) is 0 Å². The molecule has 0 spiro atoms. The van der Waals surface area contributed by atoms with Crippen molar-refractivity contribution in [3.63, 3.8) is 0 Å². The van der Waals surface area contributed by atoms with E-state index >= 15 is 0 Å². The fraction of sp³-hybridized carbons (Fsp3) is 0.688. The van der Waals surface area contributed by atoms with Gasteiger partial charge < -0.3 is 18.8 Å². The summed E-state index contributed by atoms with van der Waals surface area (Å²) in [6, 6.07) is 0. The summed E-state index contributed by atoms with van der Waals surface area (Å²) in [4.78, 5) is 6.73. The highest BCUT2D eigenvalue weighted by molar-refractivity contribution is 5.05. The molecule has 1 aliphatic rings. The Kier molecular flexibility index (Phi) is 5.07. The normalized spacial score (nSPS) is 19.3. The molecule has 0 bridgehead atoms. The Hall–Kier alpha value is -1.73. The third-order valence-electron chi connectivity index (χ3n) is 4.72. The maximum absolute atomic E-state index is 5.20.